The molecule has 168 valence electrons. The summed E-state index contributed by atoms with van der Waals surface area (Å²) < 4.78 is 32.6. The van der Waals surface area contributed by atoms with Crippen molar-refractivity contribution < 1.29 is 22.7 Å². The highest BCUT2D eigenvalue weighted by atomic mass is 32.2. The summed E-state index contributed by atoms with van der Waals surface area (Å²) in [6, 6.07) is 5.81. The molecule has 0 aliphatic carbocycles. The lowest BCUT2D eigenvalue weighted by molar-refractivity contribution is 0.0746. The van der Waals surface area contributed by atoms with Crippen LogP contribution in [0.4, 0.5) is 4.79 Å². The normalized spacial score (nSPS) is 16.3. The molecular formula is C21H33N3O5S. The fourth-order valence-electron chi connectivity index (χ4n) is 3.01. The van der Waals surface area contributed by atoms with E-state index in [2.05, 4.69) is 4.72 Å². The molecule has 0 saturated carbocycles. The van der Waals surface area contributed by atoms with Crippen molar-refractivity contribution in [1.29, 1.82) is 0 Å². The quantitative estimate of drug-likeness (QED) is 0.705. The van der Waals surface area contributed by atoms with Crippen LogP contribution in [0.15, 0.2) is 29.2 Å². The number of ether oxygens (including phenoxy) is 1. The van der Waals surface area contributed by atoms with Crippen LogP contribution in [0.3, 0.4) is 0 Å². The Balaban J connectivity index is 1.99. The van der Waals surface area contributed by atoms with E-state index in [0.717, 1.165) is 0 Å². The van der Waals surface area contributed by atoms with Crippen LogP contribution >= 0.6 is 0 Å². The van der Waals surface area contributed by atoms with E-state index in [1.54, 1.807) is 16.7 Å². The molecule has 0 aromatic heterocycles. The standard InChI is InChI=1S/C21H33N3O5S/c1-5-17(4)22-30(27,28)19-9-7-18(8-10-19)20(25)23-11-6-12-24(14-13-23)21(26)29-15-16(2)3/h7-10,16-17,22H,5-6,11-15H2,1-4H3. The summed E-state index contributed by atoms with van der Waals surface area (Å²) in [5.41, 5.74) is 0.424. The number of hydrogen-bond acceptors (Lipinski definition) is 5. The van der Waals surface area contributed by atoms with Crippen molar-refractivity contribution in [3.05, 3.63) is 29.8 Å². The van der Waals surface area contributed by atoms with Crippen LogP contribution < -0.4 is 4.72 Å². The van der Waals surface area contributed by atoms with Crippen molar-refractivity contribution in [2.24, 2.45) is 5.92 Å². The summed E-state index contributed by atoms with van der Waals surface area (Å²) in [5, 5.41) is 0. The first-order valence-electron chi connectivity index (χ1n) is 10.5. The molecule has 0 bridgehead atoms. The topological polar surface area (TPSA) is 96.0 Å². The number of rotatable bonds is 7. The molecule has 1 aliphatic heterocycles. The maximum absolute atomic E-state index is 12.9. The Morgan fingerprint density at radius 2 is 1.63 bits per heavy atom. The van der Waals surface area contributed by atoms with Crippen LogP contribution in [0.25, 0.3) is 0 Å². The molecule has 1 heterocycles. The molecule has 1 N–H and O–H groups in total. The lowest BCUT2D eigenvalue weighted by Crippen LogP contribution is -2.38. The maximum atomic E-state index is 12.9. The minimum Gasteiger partial charge on any atom is -0.449 e. The van der Waals surface area contributed by atoms with Crippen LogP contribution in [0, 0.1) is 5.92 Å². The van der Waals surface area contributed by atoms with Crippen molar-refractivity contribution in [2.45, 2.75) is 51.5 Å². The highest BCUT2D eigenvalue weighted by Gasteiger charge is 2.24. The Labute approximate surface area is 179 Å². The lowest BCUT2D eigenvalue weighted by atomic mass is 10.2. The van der Waals surface area contributed by atoms with E-state index < -0.39 is 10.0 Å². The van der Waals surface area contributed by atoms with Gasteiger partial charge in [0, 0.05) is 37.8 Å². The van der Waals surface area contributed by atoms with E-state index in [-0.39, 0.29) is 28.9 Å². The fraction of sp³-hybridized carbons (Fsp3) is 0.619. The van der Waals surface area contributed by atoms with Gasteiger partial charge in [0.05, 0.1) is 11.5 Å². The van der Waals surface area contributed by atoms with Crippen molar-refractivity contribution in [3.63, 3.8) is 0 Å². The van der Waals surface area contributed by atoms with Gasteiger partial charge < -0.3 is 14.5 Å². The zero-order valence-corrected chi connectivity index (χ0v) is 19.1. The SMILES string of the molecule is CCC(C)NS(=O)(=O)c1ccc(C(=O)N2CCCN(C(=O)OCC(C)C)CC2)cc1. The number of benzene rings is 1. The predicted molar refractivity (Wildman–Crippen MR) is 115 cm³/mol. The first-order chi connectivity index (χ1) is 14.1. The highest BCUT2D eigenvalue weighted by Crippen LogP contribution is 2.15. The third kappa shape index (κ3) is 6.70. The third-order valence-corrected chi connectivity index (χ3v) is 6.57. The van der Waals surface area contributed by atoms with Gasteiger partial charge in [-0.3, -0.25) is 4.79 Å². The Kier molecular flexibility index (Phi) is 8.66. The molecular weight excluding hydrogens is 406 g/mol. The number of sulfonamides is 1. The molecule has 1 aliphatic rings. The van der Waals surface area contributed by atoms with E-state index in [0.29, 0.717) is 51.2 Å². The molecule has 1 atom stereocenters. The Bertz CT molecular complexity index is 824. The van der Waals surface area contributed by atoms with Gasteiger partial charge in [-0.15, -0.1) is 0 Å². The molecule has 2 rings (SSSR count). The molecule has 1 fully saturated rings. The minimum atomic E-state index is -3.61. The van der Waals surface area contributed by atoms with E-state index in [1.165, 1.54) is 24.3 Å². The van der Waals surface area contributed by atoms with Gasteiger partial charge in [-0.1, -0.05) is 20.8 Å². The van der Waals surface area contributed by atoms with E-state index in [4.69, 9.17) is 4.74 Å². The maximum Gasteiger partial charge on any atom is 0.409 e. The predicted octanol–water partition coefficient (Wildman–Crippen LogP) is 2.70. The molecule has 8 nitrogen and oxygen atoms in total. The van der Waals surface area contributed by atoms with Gasteiger partial charge in [0.25, 0.3) is 5.91 Å². The smallest absolute Gasteiger partial charge is 0.409 e. The highest BCUT2D eigenvalue weighted by molar-refractivity contribution is 7.89. The number of amides is 2. The van der Waals surface area contributed by atoms with Gasteiger partial charge in [-0.2, -0.15) is 0 Å². The van der Waals surface area contributed by atoms with Gasteiger partial charge in [0.2, 0.25) is 10.0 Å². The fourth-order valence-corrected chi connectivity index (χ4v) is 4.33. The van der Waals surface area contributed by atoms with Gasteiger partial charge in [-0.25, -0.2) is 17.9 Å². The minimum absolute atomic E-state index is 0.134. The van der Waals surface area contributed by atoms with Crippen molar-refractivity contribution >= 4 is 22.0 Å². The largest absolute Gasteiger partial charge is 0.449 e. The number of nitrogens with one attached hydrogen (secondary N) is 1. The summed E-state index contributed by atoms with van der Waals surface area (Å²) in [6.07, 6.45) is 1.00. The molecule has 0 radical (unpaired) electrons. The first-order valence-corrected chi connectivity index (χ1v) is 12.0. The molecule has 1 unspecified atom stereocenters. The molecule has 30 heavy (non-hydrogen) atoms. The molecule has 2 amide bonds. The second-order valence-corrected chi connectivity index (χ2v) is 9.77. The molecule has 1 aromatic carbocycles. The zero-order valence-electron chi connectivity index (χ0n) is 18.3. The van der Waals surface area contributed by atoms with Crippen LogP contribution in [-0.4, -0.2) is 69.0 Å². The number of hydrogen-bond donors (Lipinski definition) is 1. The average molecular weight is 440 g/mol. The monoisotopic (exact) mass is 439 g/mol. The van der Waals surface area contributed by atoms with Crippen molar-refractivity contribution in [2.75, 3.05) is 32.8 Å². The van der Waals surface area contributed by atoms with E-state index >= 15 is 0 Å². The van der Waals surface area contributed by atoms with E-state index in [1.807, 2.05) is 20.8 Å². The second-order valence-electron chi connectivity index (χ2n) is 8.06. The number of nitrogens with zero attached hydrogens (tertiary/aromatic N) is 2. The molecule has 0 spiro atoms. The Morgan fingerprint density at radius 3 is 2.23 bits per heavy atom. The second kappa shape index (κ2) is 10.8. The summed E-state index contributed by atoms with van der Waals surface area (Å²) in [7, 11) is -3.61. The molecule has 1 aromatic rings. The van der Waals surface area contributed by atoms with Gasteiger partial charge in [-0.05, 0) is 49.9 Å². The number of carbonyl (C=O) groups excluding carboxylic acids is 2. The van der Waals surface area contributed by atoms with Crippen LogP contribution in [-0.2, 0) is 14.8 Å². The van der Waals surface area contributed by atoms with Crippen molar-refractivity contribution in [3.8, 4) is 0 Å². The third-order valence-electron chi connectivity index (χ3n) is 4.96. The van der Waals surface area contributed by atoms with Crippen LogP contribution in [0.5, 0.6) is 0 Å². The Hall–Kier alpha value is -2.13. The van der Waals surface area contributed by atoms with Gasteiger partial charge in [0.15, 0.2) is 0 Å². The van der Waals surface area contributed by atoms with Gasteiger partial charge in [0.1, 0.15) is 0 Å². The summed E-state index contributed by atoms with van der Waals surface area (Å²) >= 11 is 0. The molecule has 1 saturated heterocycles. The summed E-state index contributed by atoms with van der Waals surface area (Å²) in [4.78, 5) is 28.5. The lowest BCUT2D eigenvalue weighted by Gasteiger charge is -2.22. The molecule has 9 heteroatoms. The van der Waals surface area contributed by atoms with Gasteiger partial charge >= 0.3 is 6.09 Å². The zero-order chi connectivity index (χ0) is 22.3. The van der Waals surface area contributed by atoms with Crippen molar-refractivity contribution in [1.82, 2.24) is 14.5 Å². The summed E-state index contributed by atoms with van der Waals surface area (Å²) in [5.74, 6) is 0.0948. The van der Waals surface area contributed by atoms with Crippen LogP contribution in [0.1, 0.15) is 50.9 Å². The number of carbonyl (C=O) groups is 2. The first kappa shape index (κ1) is 24.1. The van der Waals surface area contributed by atoms with E-state index in [9.17, 15) is 18.0 Å². The average Bonchev–Trinajstić information content (AvgIpc) is 2.97. The Morgan fingerprint density at radius 1 is 1.03 bits per heavy atom. The van der Waals surface area contributed by atoms with Crippen LogP contribution in [0.2, 0.25) is 0 Å². The summed E-state index contributed by atoms with van der Waals surface area (Å²) in [6.45, 7) is 9.93.